The van der Waals surface area contributed by atoms with Gasteiger partial charge in [-0.3, -0.25) is 4.98 Å². The van der Waals surface area contributed by atoms with Gasteiger partial charge in [-0.05, 0) is 35.7 Å². The molecule has 0 aliphatic carbocycles. The van der Waals surface area contributed by atoms with Crippen molar-refractivity contribution in [3.63, 3.8) is 0 Å². The van der Waals surface area contributed by atoms with Gasteiger partial charge in [0.1, 0.15) is 0 Å². The fourth-order valence-electron chi connectivity index (χ4n) is 2.75. The number of halogens is 4. The molecule has 0 spiro atoms. The summed E-state index contributed by atoms with van der Waals surface area (Å²) in [6, 6.07) is 12.8. The van der Waals surface area contributed by atoms with Gasteiger partial charge in [0.15, 0.2) is 0 Å². The monoisotopic (exact) mass is 349 g/mol. The van der Waals surface area contributed by atoms with Gasteiger partial charge in [-0.2, -0.15) is 13.2 Å². The van der Waals surface area contributed by atoms with Crippen molar-refractivity contribution in [1.29, 1.82) is 0 Å². The number of hydrogen-bond acceptors (Lipinski definition) is 1. The summed E-state index contributed by atoms with van der Waals surface area (Å²) in [5.74, 6) is 0. The summed E-state index contributed by atoms with van der Waals surface area (Å²) in [5, 5.41) is 1.48. The Hall–Kier alpha value is -2.07. The number of aromatic nitrogens is 1. The smallest absolute Gasteiger partial charge is 0.252 e. The van der Waals surface area contributed by atoms with Crippen molar-refractivity contribution in [2.45, 2.75) is 25.9 Å². The molecule has 1 aromatic heterocycles. The molecule has 0 fully saturated rings. The van der Waals surface area contributed by atoms with Gasteiger partial charge in [0, 0.05) is 17.5 Å². The predicted molar refractivity (Wildman–Crippen MR) is 90.4 cm³/mol. The maximum Gasteiger partial charge on any atom is 0.416 e. The Morgan fingerprint density at radius 1 is 1.00 bits per heavy atom. The van der Waals surface area contributed by atoms with Crippen molar-refractivity contribution in [3.8, 4) is 0 Å². The van der Waals surface area contributed by atoms with Crippen LogP contribution >= 0.6 is 11.6 Å². The van der Waals surface area contributed by atoms with Crippen LogP contribution < -0.4 is 0 Å². The fourth-order valence-corrected chi connectivity index (χ4v) is 3.08. The second kappa shape index (κ2) is 6.44. The highest BCUT2D eigenvalue weighted by atomic mass is 35.5. The van der Waals surface area contributed by atoms with E-state index >= 15 is 0 Å². The Bertz CT molecular complexity index is 870. The lowest BCUT2D eigenvalue weighted by Crippen LogP contribution is -2.05. The molecule has 0 unspecified atom stereocenters. The van der Waals surface area contributed by atoms with Crippen molar-refractivity contribution in [3.05, 3.63) is 75.9 Å². The molecule has 0 aliphatic rings. The minimum Gasteiger partial charge on any atom is -0.252 e. The number of aryl methyl sites for hydroxylation is 1. The first-order valence-corrected chi connectivity index (χ1v) is 8.00. The minimum absolute atomic E-state index is 0.456. The average molecular weight is 350 g/mol. The van der Waals surface area contributed by atoms with E-state index in [1.165, 1.54) is 12.1 Å². The number of para-hydroxylation sites is 1. The molecule has 5 heteroatoms. The van der Waals surface area contributed by atoms with Crippen LogP contribution in [0.25, 0.3) is 10.9 Å². The maximum atomic E-state index is 12.7. The summed E-state index contributed by atoms with van der Waals surface area (Å²) >= 11 is 6.56. The largest absolute Gasteiger partial charge is 0.416 e. The van der Waals surface area contributed by atoms with Crippen LogP contribution in [-0.2, 0) is 19.0 Å². The maximum absolute atomic E-state index is 12.7. The molecular weight excluding hydrogens is 335 g/mol. The number of alkyl halides is 3. The second-order valence-electron chi connectivity index (χ2n) is 5.59. The molecule has 0 radical (unpaired) electrons. The molecule has 1 nitrogen and oxygen atoms in total. The minimum atomic E-state index is -4.32. The summed E-state index contributed by atoms with van der Waals surface area (Å²) in [6.45, 7) is 1.99. The van der Waals surface area contributed by atoms with Crippen LogP contribution in [0.4, 0.5) is 13.2 Å². The summed E-state index contributed by atoms with van der Waals surface area (Å²) < 4.78 is 38.0. The lowest BCUT2D eigenvalue weighted by molar-refractivity contribution is -0.137. The molecule has 3 rings (SSSR count). The Morgan fingerprint density at radius 2 is 1.67 bits per heavy atom. The van der Waals surface area contributed by atoms with Crippen molar-refractivity contribution >= 4 is 22.5 Å². The van der Waals surface area contributed by atoms with Gasteiger partial charge >= 0.3 is 6.18 Å². The van der Waals surface area contributed by atoms with Crippen molar-refractivity contribution in [2.75, 3.05) is 0 Å². The Balaban J connectivity index is 2.02. The standard InChI is InChI=1S/C19H15ClF3N/c1-2-16-15(18(20)14-5-3-4-6-17(14)24-16)11-12-7-9-13(10-8-12)19(21,22)23/h3-10H,2,11H2,1H3. The number of fused-ring (bicyclic) bond motifs is 1. The van der Waals surface area contributed by atoms with Crippen molar-refractivity contribution < 1.29 is 13.2 Å². The molecule has 0 N–H and O–H groups in total. The van der Waals surface area contributed by atoms with E-state index in [1.54, 1.807) is 0 Å². The average Bonchev–Trinajstić information content (AvgIpc) is 2.57. The quantitative estimate of drug-likeness (QED) is 0.560. The normalized spacial score (nSPS) is 11.9. The molecule has 3 aromatic rings. The Kier molecular flexibility index (Phi) is 4.50. The number of nitrogens with zero attached hydrogens (tertiary/aromatic N) is 1. The SMILES string of the molecule is CCc1nc2ccccc2c(Cl)c1Cc1ccc(C(F)(F)F)cc1. The number of benzene rings is 2. The van der Waals surface area contributed by atoms with E-state index in [1.807, 2.05) is 31.2 Å². The highest BCUT2D eigenvalue weighted by molar-refractivity contribution is 6.36. The van der Waals surface area contributed by atoms with Crippen LogP contribution in [0.2, 0.25) is 5.02 Å². The van der Waals surface area contributed by atoms with E-state index in [2.05, 4.69) is 4.98 Å². The van der Waals surface area contributed by atoms with Crippen molar-refractivity contribution in [2.24, 2.45) is 0 Å². The Morgan fingerprint density at radius 3 is 2.29 bits per heavy atom. The molecule has 0 aliphatic heterocycles. The summed E-state index contributed by atoms with van der Waals surface area (Å²) in [6.07, 6.45) is -3.16. The molecule has 0 saturated carbocycles. The molecule has 24 heavy (non-hydrogen) atoms. The van der Waals surface area contributed by atoms with Gasteiger partial charge in [0.25, 0.3) is 0 Å². The van der Waals surface area contributed by atoms with E-state index < -0.39 is 11.7 Å². The van der Waals surface area contributed by atoms with Crippen LogP contribution in [0.3, 0.4) is 0 Å². The zero-order valence-electron chi connectivity index (χ0n) is 13.0. The molecule has 0 atom stereocenters. The lowest BCUT2D eigenvalue weighted by Gasteiger charge is -2.13. The van der Waals surface area contributed by atoms with Crippen LogP contribution in [0, 0.1) is 0 Å². The zero-order chi connectivity index (χ0) is 17.3. The van der Waals surface area contributed by atoms with Crippen LogP contribution in [0.1, 0.15) is 29.3 Å². The Labute approximate surface area is 143 Å². The molecule has 124 valence electrons. The van der Waals surface area contributed by atoms with Gasteiger partial charge in [-0.1, -0.05) is 48.9 Å². The molecule has 0 bridgehead atoms. The first-order valence-electron chi connectivity index (χ1n) is 7.62. The van der Waals surface area contributed by atoms with Gasteiger partial charge < -0.3 is 0 Å². The third-order valence-electron chi connectivity index (χ3n) is 4.01. The summed E-state index contributed by atoms with van der Waals surface area (Å²) in [7, 11) is 0. The first kappa shape index (κ1) is 16.8. The first-order chi connectivity index (χ1) is 11.4. The van der Waals surface area contributed by atoms with E-state index in [4.69, 9.17) is 11.6 Å². The topological polar surface area (TPSA) is 12.9 Å². The molecule has 2 aromatic carbocycles. The molecule has 0 amide bonds. The van der Waals surface area contributed by atoms with E-state index in [0.29, 0.717) is 17.9 Å². The van der Waals surface area contributed by atoms with Crippen LogP contribution in [-0.4, -0.2) is 4.98 Å². The van der Waals surface area contributed by atoms with E-state index in [9.17, 15) is 13.2 Å². The van der Waals surface area contributed by atoms with Gasteiger partial charge in [0.05, 0.1) is 16.1 Å². The predicted octanol–water partition coefficient (Wildman–Crippen LogP) is 6.06. The van der Waals surface area contributed by atoms with Crippen LogP contribution in [0.5, 0.6) is 0 Å². The van der Waals surface area contributed by atoms with Gasteiger partial charge in [-0.15, -0.1) is 0 Å². The highest BCUT2D eigenvalue weighted by Gasteiger charge is 2.30. The van der Waals surface area contributed by atoms with E-state index in [0.717, 1.165) is 39.9 Å². The molecule has 0 saturated heterocycles. The number of hydrogen-bond donors (Lipinski definition) is 0. The number of rotatable bonds is 3. The molecule has 1 heterocycles. The summed E-state index contributed by atoms with van der Waals surface area (Å²) in [4.78, 5) is 4.64. The third kappa shape index (κ3) is 3.24. The van der Waals surface area contributed by atoms with E-state index in [-0.39, 0.29) is 0 Å². The highest BCUT2D eigenvalue weighted by Crippen LogP contribution is 2.32. The third-order valence-corrected chi connectivity index (χ3v) is 4.44. The molecular formula is C19H15ClF3N. The van der Waals surface area contributed by atoms with Gasteiger partial charge in [0.2, 0.25) is 0 Å². The van der Waals surface area contributed by atoms with Crippen molar-refractivity contribution in [1.82, 2.24) is 4.98 Å². The van der Waals surface area contributed by atoms with Gasteiger partial charge in [-0.25, -0.2) is 0 Å². The second-order valence-corrected chi connectivity index (χ2v) is 5.97. The fraction of sp³-hybridized carbons (Fsp3) is 0.211. The lowest BCUT2D eigenvalue weighted by atomic mass is 9.99. The summed E-state index contributed by atoms with van der Waals surface area (Å²) in [5.41, 5.74) is 2.70. The zero-order valence-corrected chi connectivity index (χ0v) is 13.7. The van der Waals surface area contributed by atoms with Crippen LogP contribution in [0.15, 0.2) is 48.5 Å². The number of pyridine rings is 1.